The van der Waals surface area contributed by atoms with Crippen molar-refractivity contribution in [1.82, 2.24) is 5.43 Å². The average molecular weight is 256 g/mol. The Balaban J connectivity index is 1.98. The van der Waals surface area contributed by atoms with Crippen LogP contribution in [0.2, 0.25) is 0 Å². The third-order valence-corrected chi connectivity index (χ3v) is 2.38. The highest BCUT2D eigenvalue weighted by Gasteiger charge is 2.03. The van der Waals surface area contributed by atoms with Crippen LogP contribution in [0.4, 0.5) is 0 Å². The number of phenols is 2. The number of nitrogens with zero attached hydrogens (tertiary/aromatic N) is 1. The summed E-state index contributed by atoms with van der Waals surface area (Å²) >= 11 is 0. The zero-order valence-electron chi connectivity index (χ0n) is 9.95. The standard InChI is InChI=1S/C14H12N2O3/c17-12-6-4-10(5-7-12)9-15-16-14(19)11-2-1-3-13(18)8-11/h1-9,17-18H,(H,16,19). The first-order valence-electron chi connectivity index (χ1n) is 5.56. The third kappa shape index (κ3) is 3.57. The largest absolute Gasteiger partial charge is 0.508 e. The molecule has 0 aliphatic rings. The molecule has 0 aliphatic heterocycles. The van der Waals surface area contributed by atoms with Gasteiger partial charge >= 0.3 is 0 Å². The molecule has 2 aromatic carbocycles. The number of rotatable bonds is 3. The molecule has 0 atom stereocenters. The van der Waals surface area contributed by atoms with Crippen molar-refractivity contribution < 1.29 is 15.0 Å². The van der Waals surface area contributed by atoms with E-state index in [-0.39, 0.29) is 11.5 Å². The second-order valence-corrected chi connectivity index (χ2v) is 3.84. The molecular formula is C14H12N2O3. The minimum Gasteiger partial charge on any atom is -0.508 e. The summed E-state index contributed by atoms with van der Waals surface area (Å²) in [5.74, 6) is -0.220. The van der Waals surface area contributed by atoms with Crippen molar-refractivity contribution in [3.05, 3.63) is 59.7 Å². The molecule has 96 valence electrons. The lowest BCUT2D eigenvalue weighted by Crippen LogP contribution is -2.17. The molecule has 0 heterocycles. The number of hydrazone groups is 1. The summed E-state index contributed by atoms with van der Waals surface area (Å²) in [7, 11) is 0. The Labute approximate surface area is 109 Å². The molecule has 1 amide bonds. The molecule has 5 heteroatoms. The number of benzene rings is 2. The Bertz CT molecular complexity index is 606. The highest BCUT2D eigenvalue weighted by molar-refractivity contribution is 5.95. The summed E-state index contributed by atoms with van der Waals surface area (Å²) in [5.41, 5.74) is 3.41. The van der Waals surface area contributed by atoms with E-state index in [4.69, 9.17) is 5.11 Å². The lowest BCUT2D eigenvalue weighted by atomic mass is 10.2. The van der Waals surface area contributed by atoms with Gasteiger partial charge in [-0.3, -0.25) is 4.79 Å². The molecule has 0 bridgehead atoms. The molecule has 0 unspecified atom stereocenters. The summed E-state index contributed by atoms with van der Waals surface area (Å²) in [5, 5.41) is 22.1. The minimum atomic E-state index is -0.411. The van der Waals surface area contributed by atoms with Gasteiger partial charge in [-0.1, -0.05) is 6.07 Å². The van der Waals surface area contributed by atoms with Crippen molar-refractivity contribution in [1.29, 1.82) is 0 Å². The van der Waals surface area contributed by atoms with Crippen LogP contribution < -0.4 is 5.43 Å². The Morgan fingerprint density at radius 2 is 1.79 bits per heavy atom. The van der Waals surface area contributed by atoms with Crippen LogP contribution in [-0.4, -0.2) is 22.3 Å². The number of carbonyl (C=O) groups excluding carboxylic acids is 1. The van der Waals surface area contributed by atoms with E-state index >= 15 is 0 Å². The molecule has 5 nitrogen and oxygen atoms in total. The predicted molar refractivity (Wildman–Crippen MR) is 71.3 cm³/mol. The van der Waals surface area contributed by atoms with Gasteiger partial charge in [-0.2, -0.15) is 5.10 Å². The van der Waals surface area contributed by atoms with Crippen LogP contribution in [0.1, 0.15) is 15.9 Å². The van der Waals surface area contributed by atoms with Gasteiger partial charge in [0.05, 0.1) is 6.21 Å². The fourth-order valence-corrected chi connectivity index (χ4v) is 1.44. The van der Waals surface area contributed by atoms with E-state index in [9.17, 15) is 9.90 Å². The zero-order chi connectivity index (χ0) is 13.7. The molecular weight excluding hydrogens is 244 g/mol. The summed E-state index contributed by atoms with van der Waals surface area (Å²) < 4.78 is 0. The van der Waals surface area contributed by atoms with Gasteiger partial charge in [0.2, 0.25) is 0 Å². The van der Waals surface area contributed by atoms with Gasteiger partial charge in [-0.25, -0.2) is 5.43 Å². The first kappa shape index (κ1) is 12.6. The third-order valence-electron chi connectivity index (χ3n) is 2.38. The van der Waals surface area contributed by atoms with Crippen LogP contribution >= 0.6 is 0 Å². The predicted octanol–water partition coefficient (Wildman–Crippen LogP) is 1.86. The van der Waals surface area contributed by atoms with E-state index in [2.05, 4.69) is 10.5 Å². The van der Waals surface area contributed by atoms with Crippen LogP contribution in [0.15, 0.2) is 53.6 Å². The number of hydrogen-bond acceptors (Lipinski definition) is 4. The SMILES string of the molecule is O=C(NN=Cc1ccc(O)cc1)c1cccc(O)c1. The summed E-state index contributed by atoms with van der Waals surface area (Å²) in [6.07, 6.45) is 1.46. The van der Waals surface area contributed by atoms with Crippen LogP contribution in [0.3, 0.4) is 0 Å². The van der Waals surface area contributed by atoms with Gasteiger partial charge < -0.3 is 10.2 Å². The molecule has 0 saturated carbocycles. The van der Waals surface area contributed by atoms with Gasteiger partial charge in [-0.05, 0) is 48.0 Å². The Kier molecular flexibility index (Phi) is 3.78. The molecule has 0 spiro atoms. The second-order valence-electron chi connectivity index (χ2n) is 3.84. The van der Waals surface area contributed by atoms with E-state index in [1.165, 1.54) is 30.5 Å². The van der Waals surface area contributed by atoms with Crippen molar-refractivity contribution in [2.75, 3.05) is 0 Å². The van der Waals surface area contributed by atoms with Crippen molar-refractivity contribution in [2.45, 2.75) is 0 Å². The molecule has 0 saturated heterocycles. The molecule has 0 aromatic heterocycles. The van der Waals surface area contributed by atoms with Crippen LogP contribution in [-0.2, 0) is 0 Å². The van der Waals surface area contributed by atoms with Gasteiger partial charge in [0, 0.05) is 5.56 Å². The quantitative estimate of drug-likeness (QED) is 0.579. The number of hydrogen-bond donors (Lipinski definition) is 3. The van der Waals surface area contributed by atoms with Crippen molar-refractivity contribution >= 4 is 12.1 Å². The van der Waals surface area contributed by atoms with E-state index in [1.807, 2.05) is 0 Å². The molecule has 2 rings (SSSR count). The number of aromatic hydroxyl groups is 2. The van der Waals surface area contributed by atoms with Crippen LogP contribution in [0.25, 0.3) is 0 Å². The normalized spacial score (nSPS) is 10.5. The maximum atomic E-state index is 11.7. The molecule has 0 fully saturated rings. The summed E-state index contributed by atoms with van der Waals surface area (Å²) in [4.78, 5) is 11.7. The molecule has 0 radical (unpaired) electrons. The van der Waals surface area contributed by atoms with Crippen LogP contribution in [0, 0.1) is 0 Å². The van der Waals surface area contributed by atoms with Gasteiger partial charge in [-0.15, -0.1) is 0 Å². The topological polar surface area (TPSA) is 81.9 Å². The fraction of sp³-hybridized carbons (Fsp3) is 0. The first-order valence-corrected chi connectivity index (χ1v) is 5.56. The van der Waals surface area contributed by atoms with Crippen molar-refractivity contribution in [2.24, 2.45) is 5.10 Å². The van der Waals surface area contributed by atoms with Gasteiger partial charge in [0.15, 0.2) is 0 Å². The second kappa shape index (κ2) is 5.68. The smallest absolute Gasteiger partial charge is 0.271 e. The Morgan fingerprint density at radius 1 is 1.05 bits per heavy atom. The highest BCUT2D eigenvalue weighted by Crippen LogP contribution is 2.10. The Morgan fingerprint density at radius 3 is 2.47 bits per heavy atom. The Hall–Kier alpha value is -2.82. The first-order chi connectivity index (χ1) is 9.15. The average Bonchev–Trinajstić information content (AvgIpc) is 2.41. The summed E-state index contributed by atoms with van der Waals surface area (Å²) in [6.45, 7) is 0. The number of amides is 1. The van der Waals surface area contributed by atoms with E-state index in [0.29, 0.717) is 5.56 Å². The van der Waals surface area contributed by atoms with Gasteiger partial charge in [0.25, 0.3) is 5.91 Å². The van der Waals surface area contributed by atoms with E-state index in [0.717, 1.165) is 5.56 Å². The van der Waals surface area contributed by atoms with Crippen molar-refractivity contribution in [3.8, 4) is 11.5 Å². The molecule has 3 N–H and O–H groups in total. The zero-order valence-corrected chi connectivity index (χ0v) is 9.95. The number of phenolic OH excluding ortho intramolecular Hbond substituents is 2. The van der Waals surface area contributed by atoms with E-state index in [1.54, 1.807) is 24.3 Å². The summed E-state index contributed by atoms with van der Waals surface area (Å²) in [6, 6.07) is 12.4. The maximum Gasteiger partial charge on any atom is 0.271 e. The minimum absolute atomic E-state index is 0.0233. The lowest BCUT2D eigenvalue weighted by molar-refractivity contribution is 0.0954. The maximum absolute atomic E-state index is 11.7. The van der Waals surface area contributed by atoms with Crippen LogP contribution in [0.5, 0.6) is 11.5 Å². The lowest BCUT2D eigenvalue weighted by Gasteiger charge is -2.00. The highest BCUT2D eigenvalue weighted by atomic mass is 16.3. The number of carbonyl (C=O) groups is 1. The molecule has 0 aliphatic carbocycles. The van der Waals surface area contributed by atoms with E-state index < -0.39 is 5.91 Å². The van der Waals surface area contributed by atoms with Gasteiger partial charge in [0.1, 0.15) is 11.5 Å². The fourth-order valence-electron chi connectivity index (χ4n) is 1.44. The molecule has 2 aromatic rings. The van der Waals surface area contributed by atoms with Crippen molar-refractivity contribution in [3.63, 3.8) is 0 Å². The number of nitrogens with one attached hydrogen (secondary N) is 1. The monoisotopic (exact) mass is 256 g/mol. The molecule has 19 heavy (non-hydrogen) atoms.